The van der Waals surface area contributed by atoms with E-state index in [0.29, 0.717) is 5.69 Å². The number of aliphatic hydroxyl groups excluding tert-OH is 1. The molecular weight excluding hydrogens is 168 g/mol. The van der Waals surface area contributed by atoms with Gasteiger partial charge in [-0.15, -0.1) is 0 Å². The quantitative estimate of drug-likeness (QED) is 0.698. The molecule has 2 N–H and O–H groups in total. The number of carbonyl (C=O) groups excluding carboxylic acids is 1. The van der Waals surface area contributed by atoms with Crippen LogP contribution in [-0.2, 0) is 0 Å². The molecule has 4 heteroatoms. The number of nitrogens with zero attached hydrogens (tertiary/aromatic N) is 1. The first-order valence-electron chi connectivity index (χ1n) is 4.07. The number of aromatic nitrogens is 1. The topological polar surface area (TPSA) is 62.2 Å². The van der Waals surface area contributed by atoms with Crippen molar-refractivity contribution < 1.29 is 9.90 Å². The van der Waals surface area contributed by atoms with E-state index in [-0.39, 0.29) is 18.6 Å². The van der Waals surface area contributed by atoms with Gasteiger partial charge in [0.25, 0.3) is 5.91 Å². The van der Waals surface area contributed by atoms with Gasteiger partial charge in [0, 0.05) is 12.2 Å². The van der Waals surface area contributed by atoms with Crippen molar-refractivity contribution in [2.45, 2.75) is 13.0 Å². The molecule has 1 aromatic rings. The largest absolute Gasteiger partial charge is 0.394 e. The van der Waals surface area contributed by atoms with E-state index in [2.05, 4.69) is 10.3 Å². The summed E-state index contributed by atoms with van der Waals surface area (Å²) in [6, 6.07) is 4.87. The summed E-state index contributed by atoms with van der Waals surface area (Å²) in [5, 5.41) is 11.3. The smallest absolute Gasteiger partial charge is 0.270 e. The van der Waals surface area contributed by atoms with Crippen molar-refractivity contribution in [1.29, 1.82) is 0 Å². The minimum atomic E-state index is -0.262. The van der Waals surface area contributed by atoms with E-state index in [0.717, 1.165) is 0 Å². The van der Waals surface area contributed by atoms with Gasteiger partial charge in [-0.1, -0.05) is 6.07 Å². The van der Waals surface area contributed by atoms with Crippen molar-refractivity contribution in [3.63, 3.8) is 0 Å². The van der Waals surface area contributed by atoms with E-state index < -0.39 is 0 Å². The summed E-state index contributed by atoms with van der Waals surface area (Å²) in [5.74, 6) is -0.262. The molecule has 1 atom stereocenters. The second-order valence-corrected chi connectivity index (χ2v) is 2.77. The molecule has 70 valence electrons. The molecule has 1 heterocycles. The first kappa shape index (κ1) is 9.67. The van der Waals surface area contributed by atoms with E-state index in [1.54, 1.807) is 31.3 Å². The third kappa shape index (κ3) is 2.83. The van der Waals surface area contributed by atoms with E-state index >= 15 is 0 Å². The Balaban J connectivity index is 2.59. The third-order valence-corrected chi connectivity index (χ3v) is 1.55. The highest BCUT2D eigenvalue weighted by molar-refractivity contribution is 5.92. The number of hydrogen-bond acceptors (Lipinski definition) is 3. The highest BCUT2D eigenvalue weighted by Crippen LogP contribution is 1.93. The first-order chi connectivity index (χ1) is 6.24. The van der Waals surface area contributed by atoms with Gasteiger partial charge in [-0.2, -0.15) is 0 Å². The molecule has 0 fully saturated rings. The Kier molecular flexibility index (Phi) is 3.40. The van der Waals surface area contributed by atoms with Crippen LogP contribution in [0.1, 0.15) is 17.4 Å². The molecule has 0 aliphatic rings. The Morgan fingerprint density at radius 2 is 2.46 bits per heavy atom. The van der Waals surface area contributed by atoms with Crippen molar-refractivity contribution in [2.75, 3.05) is 6.61 Å². The zero-order chi connectivity index (χ0) is 9.68. The number of nitrogens with one attached hydrogen (secondary N) is 1. The predicted molar refractivity (Wildman–Crippen MR) is 48.3 cm³/mol. The second kappa shape index (κ2) is 4.57. The number of amides is 1. The average molecular weight is 180 g/mol. The fourth-order valence-electron chi connectivity index (χ4n) is 0.840. The summed E-state index contributed by atoms with van der Waals surface area (Å²) in [5.41, 5.74) is 0.364. The minimum absolute atomic E-state index is 0.0709. The number of pyridine rings is 1. The summed E-state index contributed by atoms with van der Waals surface area (Å²) >= 11 is 0. The molecular formula is C9H12N2O2. The van der Waals surface area contributed by atoms with Gasteiger partial charge < -0.3 is 10.4 Å². The lowest BCUT2D eigenvalue weighted by molar-refractivity contribution is 0.0917. The summed E-state index contributed by atoms with van der Waals surface area (Å²) in [7, 11) is 0. The molecule has 0 unspecified atom stereocenters. The van der Waals surface area contributed by atoms with Gasteiger partial charge in [-0.25, -0.2) is 0 Å². The molecule has 4 nitrogen and oxygen atoms in total. The van der Waals surface area contributed by atoms with Crippen LogP contribution in [0.5, 0.6) is 0 Å². The first-order valence-corrected chi connectivity index (χ1v) is 4.07. The molecule has 1 aromatic heterocycles. The van der Waals surface area contributed by atoms with Crippen LogP contribution in [0.15, 0.2) is 24.4 Å². The molecule has 0 aliphatic carbocycles. The minimum Gasteiger partial charge on any atom is -0.394 e. The fraction of sp³-hybridized carbons (Fsp3) is 0.333. The van der Waals surface area contributed by atoms with Crippen LogP contribution in [0.25, 0.3) is 0 Å². The third-order valence-electron chi connectivity index (χ3n) is 1.55. The van der Waals surface area contributed by atoms with Gasteiger partial charge >= 0.3 is 0 Å². The number of aliphatic hydroxyl groups is 1. The highest BCUT2D eigenvalue weighted by atomic mass is 16.3. The van der Waals surface area contributed by atoms with Crippen LogP contribution in [0.3, 0.4) is 0 Å². The zero-order valence-electron chi connectivity index (χ0n) is 7.40. The van der Waals surface area contributed by atoms with Crippen LogP contribution < -0.4 is 5.32 Å². The molecule has 0 radical (unpaired) electrons. The predicted octanol–water partition coefficient (Wildman–Crippen LogP) is 0.192. The molecule has 0 saturated heterocycles. The van der Waals surface area contributed by atoms with Crippen molar-refractivity contribution in [3.8, 4) is 0 Å². The molecule has 0 spiro atoms. The van der Waals surface area contributed by atoms with Crippen LogP contribution in [-0.4, -0.2) is 28.6 Å². The van der Waals surface area contributed by atoms with Crippen molar-refractivity contribution in [1.82, 2.24) is 10.3 Å². The van der Waals surface area contributed by atoms with Gasteiger partial charge in [0.2, 0.25) is 0 Å². The molecule has 0 saturated carbocycles. The maximum absolute atomic E-state index is 11.3. The number of rotatable bonds is 3. The maximum atomic E-state index is 11.3. The molecule has 1 amide bonds. The Morgan fingerprint density at radius 3 is 3.00 bits per heavy atom. The highest BCUT2D eigenvalue weighted by Gasteiger charge is 2.08. The lowest BCUT2D eigenvalue weighted by Gasteiger charge is -2.09. The summed E-state index contributed by atoms with van der Waals surface area (Å²) < 4.78 is 0. The summed E-state index contributed by atoms with van der Waals surface area (Å²) in [4.78, 5) is 15.2. The average Bonchev–Trinajstić information content (AvgIpc) is 2.19. The maximum Gasteiger partial charge on any atom is 0.270 e. The molecule has 0 aliphatic heterocycles. The number of hydrogen-bond donors (Lipinski definition) is 2. The lowest BCUT2D eigenvalue weighted by atomic mass is 10.3. The standard InChI is InChI=1S/C9H12N2O2/c1-7(6-12)11-9(13)8-4-2-3-5-10-8/h2-5,7,12H,6H2,1H3,(H,11,13)/t7-/m0/s1. The summed E-state index contributed by atoms with van der Waals surface area (Å²) in [6.45, 7) is 1.65. The van der Waals surface area contributed by atoms with Crippen molar-refractivity contribution in [2.24, 2.45) is 0 Å². The monoisotopic (exact) mass is 180 g/mol. The molecule has 13 heavy (non-hydrogen) atoms. The van der Waals surface area contributed by atoms with Crippen molar-refractivity contribution in [3.05, 3.63) is 30.1 Å². The Labute approximate surface area is 76.6 Å². The molecule has 0 aromatic carbocycles. The Hall–Kier alpha value is -1.42. The van der Waals surface area contributed by atoms with Crippen LogP contribution in [0, 0.1) is 0 Å². The van der Waals surface area contributed by atoms with Gasteiger partial charge in [0.15, 0.2) is 0 Å². The van der Waals surface area contributed by atoms with Gasteiger partial charge in [-0.05, 0) is 19.1 Å². The van der Waals surface area contributed by atoms with Gasteiger partial charge in [0.1, 0.15) is 5.69 Å². The van der Waals surface area contributed by atoms with Crippen LogP contribution in [0.4, 0.5) is 0 Å². The fourth-order valence-corrected chi connectivity index (χ4v) is 0.840. The molecule has 1 rings (SSSR count). The van der Waals surface area contributed by atoms with Crippen LogP contribution in [0.2, 0.25) is 0 Å². The van der Waals surface area contributed by atoms with Crippen LogP contribution >= 0.6 is 0 Å². The SMILES string of the molecule is C[C@@H](CO)NC(=O)c1ccccn1. The van der Waals surface area contributed by atoms with Gasteiger partial charge in [0.05, 0.1) is 6.61 Å². The second-order valence-electron chi connectivity index (χ2n) is 2.77. The summed E-state index contributed by atoms with van der Waals surface area (Å²) in [6.07, 6.45) is 1.55. The number of carbonyl (C=O) groups is 1. The Morgan fingerprint density at radius 1 is 1.69 bits per heavy atom. The van der Waals surface area contributed by atoms with E-state index in [4.69, 9.17) is 5.11 Å². The zero-order valence-corrected chi connectivity index (χ0v) is 7.40. The lowest BCUT2D eigenvalue weighted by Crippen LogP contribution is -2.35. The van der Waals surface area contributed by atoms with E-state index in [9.17, 15) is 4.79 Å². The van der Waals surface area contributed by atoms with Gasteiger partial charge in [-0.3, -0.25) is 9.78 Å². The normalized spacial score (nSPS) is 12.2. The Bertz CT molecular complexity index is 274. The van der Waals surface area contributed by atoms with E-state index in [1.807, 2.05) is 0 Å². The van der Waals surface area contributed by atoms with Crippen molar-refractivity contribution >= 4 is 5.91 Å². The molecule has 0 bridgehead atoms. The van der Waals surface area contributed by atoms with E-state index in [1.165, 1.54) is 0 Å².